The summed E-state index contributed by atoms with van der Waals surface area (Å²) in [5.74, 6) is -1.43. The quantitative estimate of drug-likeness (QED) is 0.643. The minimum absolute atomic E-state index is 0.143. The number of aromatic nitrogens is 2. The number of aliphatic hydroxyl groups excluding tert-OH is 1. The third-order valence-electron chi connectivity index (χ3n) is 6.97. The molecule has 0 radical (unpaired) electrons. The van der Waals surface area contributed by atoms with Gasteiger partial charge in [0.2, 0.25) is 5.91 Å². The van der Waals surface area contributed by atoms with E-state index >= 15 is 0 Å². The maximum absolute atomic E-state index is 13.7. The smallest absolute Gasteiger partial charge is 0.273 e. The minimum Gasteiger partial charge on any atom is -0.396 e. The lowest BCUT2D eigenvalue weighted by atomic mass is 9.88. The van der Waals surface area contributed by atoms with Crippen LogP contribution in [0.25, 0.3) is 11.1 Å². The molecule has 4 heterocycles. The van der Waals surface area contributed by atoms with Crippen molar-refractivity contribution < 1.29 is 14.7 Å². The monoisotopic (exact) mass is 458 g/mol. The number of hydrogen-bond acceptors (Lipinski definition) is 5. The second-order valence-corrected chi connectivity index (χ2v) is 9.01. The highest BCUT2D eigenvalue weighted by Crippen LogP contribution is 2.50. The van der Waals surface area contributed by atoms with Crippen LogP contribution in [0.2, 0.25) is 0 Å². The molecule has 4 atom stereocenters. The van der Waals surface area contributed by atoms with E-state index in [4.69, 9.17) is 0 Å². The molecule has 34 heavy (non-hydrogen) atoms. The van der Waals surface area contributed by atoms with Crippen molar-refractivity contribution in [3.63, 3.8) is 0 Å². The lowest BCUT2D eigenvalue weighted by molar-refractivity contribution is -0.134. The Labute approximate surface area is 197 Å². The Morgan fingerprint density at radius 2 is 1.79 bits per heavy atom. The van der Waals surface area contributed by atoms with Gasteiger partial charge in [0.15, 0.2) is 0 Å². The molecule has 2 aliphatic heterocycles. The van der Waals surface area contributed by atoms with Crippen LogP contribution in [0.15, 0.2) is 71.7 Å². The Morgan fingerprint density at radius 1 is 1.06 bits per heavy atom. The lowest BCUT2D eigenvalue weighted by Crippen LogP contribution is -2.50. The van der Waals surface area contributed by atoms with Gasteiger partial charge >= 0.3 is 0 Å². The number of likely N-dealkylation sites (N-methyl/N-ethyl adjacent to an activating group) is 1. The van der Waals surface area contributed by atoms with E-state index in [0.29, 0.717) is 17.8 Å². The predicted molar refractivity (Wildman–Crippen MR) is 126 cm³/mol. The third-order valence-corrected chi connectivity index (χ3v) is 6.97. The maximum Gasteiger partial charge on any atom is 0.273 e. The van der Waals surface area contributed by atoms with E-state index in [9.17, 15) is 19.5 Å². The molecule has 2 aromatic heterocycles. The van der Waals surface area contributed by atoms with E-state index in [1.54, 1.807) is 42.9 Å². The van der Waals surface area contributed by atoms with Gasteiger partial charge in [-0.15, -0.1) is 0 Å². The van der Waals surface area contributed by atoms with Crippen LogP contribution in [-0.4, -0.2) is 63.0 Å². The average molecular weight is 459 g/mol. The summed E-state index contributed by atoms with van der Waals surface area (Å²) in [6.45, 7) is 0.0552. The Kier molecular flexibility index (Phi) is 5.53. The van der Waals surface area contributed by atoms with Crippen molar-refractivity contribution >= 4 is 11.8 Å². The first-order valence-electron chi connectivity index (χ1n) is 11.3. The zero-order valence-electron chi connectivity index (χ0n) is 19.0. The largest absolute Gasteiger partial charge is 0.396 e. The van der Waals surface area contributed by atoms with Gasteiger partial charge in [0.05, 0.1) is 6.04 Å². The summed E-state index contributed by atoms with van der Waals surface area (Å²) in [4.78, 5) is 47.6. The first-order valence-corrected chi connectivity index (χ1v) is 11.3. The molecular formula is C26H26N4O4. The van der Waals surface area contributed by atoms with Crippen molar-refractivity contribution in [2.45, 2.75) is 18.6 Å². The summed E-state index contributed by atoms with van der Waals surface area (Å²) >= 11 is 0. The van der Waals surface area contributed by atoms with Crippen molar-refractivity contribution in [2.24, 2.45) is 11.8 Å². The number of benzene rings is 1. The summed E-state index contributed by atoms with van der Waals surface area (Å²) < 4.78 is 1.69. The van der Waals surface area contributed by atoms with E-state index in [1.807, 2.05) is 36.4 Å². The van der Waals surface area contributed by atoms with Crippen LogP contribution in [0.3, 0.4) is 0 Å². The number of carbonyl (C=O) groups is 2. The van der Waals surface area contributed by atoms with Crippen LogP contribution < -0.4 is 5.56 Å². The number of rotatable bonds is 4. The topological polar surface area (TPSA) is 95.7 Å². The molecule has 0 saturated carbocycles. The molecule has 3 aromatic rings. The highest BCUT2D eigenvalue weighted by Gasteiger charge is 2.57. The van der Waals surface area contributed by atoms with Gasteiger partial charge in [-0.3, -0.25) is 19.4 Å². The summed E-state index contributed by atoms with van der Waals surface area (Å²) in [7, 11) is 3.28. The van der Waals surface area contributed by atoms with Crippen molar-refractivity contribution in [2.75, 3.05) is 20.7 Å². The summed E-state index contributed by atoms with van der Waals surface area (Å²) in [5, 5.41) is 10.4. The zero-order valence-corrected chi connectivity index (χ0v) is 19.0. The van der Waals surface area contributed by atoms with E-state index in [-0.39, 0.29) is 35.6 Å². The van der Waals surface area contributed by atoms with Crippen LogP contribution in [0.5, 0.6) is 0 Å². The van der Waals surface area contributed by atoms with Crippen LogP contribution in [-0.2, 0) is 11.3 Å². The number of aliphatic hydroxyl groups is 1. The van der Waals surface area contributed by atoms with Gasteiger partial charge in [-0.05, 0) is 29.8 Å². The lowest BCUT2D eigenvalue weighted by Gasteiger charge is -2.32. The van der Waals surface area contributed by atoms with Crippen LogP contribution in [0.1, 0.15) is 22.2 Å². The number of fused-ring (bicyclic) bond motifs is 3. The number of hydrogen-bond donors (Lipinski definition) is 1. The van der Waals surface area contributed by atoms with Gasteiger partial charge in [0.1, 0.15) is 11.7 Å². The maximum atomic E-state index is 13.7. The molecule has 8 heteroatoms. The van der Waals surface area contributed by atoms with Crippen LogP contribution in [0, 0.1) is 11.8 Å². The van der Waals surface area contributed by atoms with Gasteiger partial charge in [0, 0.05) is 56.5 Å². The molecule has 8 nitrogen and oxygen atoms in total. The van der Waals surface area contributed by atoms with E-state index in [2.05, 4.69) is 4.98 Å². The first kappa shape index (κ1) is 22.0. The Hall–Kier alpha value is -3.78. The molecule has 1 fully saturated rings. The molecule has 1 aromatic carbocycles. The fourth-order valence-corrected chi connectivity index (χ4v) is 5.41. The minimum atomic E-state index is -0.845. The summed E-state index contributed by atoms with van der Waals surface area (Å²) in [6, 6.07) is 16.8. The van der Waals surface area contributed by atoms with E-state index in [0.717, 1.165) is 5.56 Å². The summed E-state index contributed by atoms with van der Waals surface area (Å²) in [5.41, 5.74) is 2.15. The molecule has 174 valence electrons. The third kappa shape index (κ3) is 3.33. The van der Waals surface area contributed by atoms with Gasteiger partial charge in [-0.25, -0.2) is 0 Å². The molecule has 2 amide bonds. The van der Waals surface area contributed by atoms with Gasteiger partial charge in [-0.2, -0.15) is 0 Å². The molecule has 2 aliphatic rings. The highest BCUT2D eigenvalue weighted by atomic mass is 16.3. The van der Waals surface area contributed by atoms with Crippen molar-refractivity contribution in [3.8, 4) is 11.1 Å². The van der Waals surface area contributed by atoms with E-state index in [1.165, 1.54) is 16.0 Å². The molecule has 0 aliphatic carbocycles. The van der Waals surface area contributed by atoms with Gasteiger partial charge in [-0.1, -0.05) is 36.4 Å². The highest BCUT2D eigenvalue weighted by molar-refractivity contribution is 5.97. The molecular weight excluding hydrogens is 432 g/mol. The summed E-state index contributed by atoms with van der Waals surface area (Å²) in [6.07, 6.45) is 1.53. The van der Waals surface area contributed by atoms with Gasteiger partial charge in [0.25, 0.3) is 11.5 Å². The second-order valence-electron chi connectivity index (χ2n) is 9.01. The zero-order chi connectivity index (χ0) is 24.0. The van der Waals surface area contributed by atoms with Crippen molar-refractivity contribution in [1.29, 1.82) is 0 Å². The Bertz CT molecular complexity index is 1290. The van der Waals surface area contributed by atoms with Crippen LogP contribution >= 0.6 is 0 Å². The van der Waals surface area contributed by atoms with Gasteiger partial charge < -0.3 is 19.5 Å². The first-order chi connectivity index (χ1) is 16.4. The van der Waals surface area contributed by atoms with Crippen molar-refractivity contribution in [3.05, 3.63) is 88.6 Å². The van der Waals surface area contributed by atoms with Crippen molar-refractivity contribution in [1.82, 2.24) is 19.4 Å². The molecule has 5 rings (SSSR count). The normalized spacial score (nSPS) is 22.9. The number of pyridine rings is 2. The predicted octanol–water partition coefficient (Wildman–Crippen LogP) is 1.80. The van der Waals surface area contributed by atoms with E-state index < -0.39 is 18.0 Å². The molecule has 0 unspecified atom stereocenters. The number of amides is 2. The average Bonchev–Trinajstić information content (AvgIpc) is 3.39. The fraction of sp³-hybridized carbons (Fsp3) is 0.308. The molecule has 0 bridgehead atoms. The number of nitrogens with zero attached hydrogens (tertiary/aromatic N) is 4. The Balaban J connectivity index is 1.65. The SMILES string of the molecule is CN(C)C(=O)[C@H]1[C@H](CO)[C@H]2Cn3c(ccc(-c4ccccc4)c3=O)[C@H]2N1C(=O)c1ccccn1. The number of carbonyl (C=O) groups excluding carboxylic acids is 2. The molecule has 1 saturated heterocycles. The fourth-order valence-electron chi connectivity index (χ4n) is 5.41. The second kappa shape index (κ2) is 8.53. The number of likely N-dealkylation sites (tertiary alicyclic amines) is 1. The molecule has 1 N–H and O–H groups in total. The standard InChI is InChI=1S/C26H26N4O4/c1-28(2)26(34)23-19(15-31)18-14-29-21(12-11-17(24(29)32)16-8-4-3-5-9-16)22(18)30(23)25(33)20-10-6-7-13-27-20/h3-13,18-19,22-23,31H,14-15H2,1-2H3/t18-,19-,22+,23-/m1/s1. The molecule has 0 spiro atoms. The Morgan fingerprint density at radius 3 is 2.44 bits per heavy atom. The van der Waals surface area contributed by atoms with Crippen LogP contribution in [0.4, 0.5) is 0 Å².